The molecule has 0 radical (unpaired) electrons. The molecule has 3 saturated heterocycles. The van der Waals surface area contributed by atoms with E-state index in [0.29, 0.717) is 29.7 Å². The zero-order valence-electron chi connectivity index (χ0n) is 25.9. The molecule has 1 N–H and O–H groups in total. The molecular weight excluding hydrogens is 586 g/mol. The van der Waals surface area contributed by atoms with E-state index in [1.807, 2.05) is 36.2 Å². The molecule has 4 aliphatic rings. The van der Waals surface area contributed by atoms with Crippen molar-refractivity contribution in [3.63, 3.8) is 0 Å². The Morgan fingerprint density at radius 3 is 2.44 bits per heavy atom. The largest absolute Gasteiger partial charge is 0.389 e. The van der Waals surface area contributed by atoms with Gasteiger partial charge in [0.25, 0.3) is 0 Å². The van der Waals surface area contributed by atoms with Gasteiger partial charge in [0.05, 0.1) is 42.0 Å². The predicted molar refractivity (Wildman–Crippen MR) is 174 cm³/mol. The molecular formula is C33H37N9O2S. The van der Waals surface area contributed by atoms with Gasteiger partial charge >= 0.3 is 6.03 Å². The van der Waals surface area contributed by atoms with Crippen LogP contribution in [0.1, 0.15) is 47.9 Å². The molecule has 232 valence electrons. The number of aliphatic hydroxyl groups is 1. The van der Waals surface area contributed by atoms with Crippen LogP contribution >= 0.6 is 11.3 Å². The van der Waals surface area contributed by atoms with Gasteiger partial charge in [0.1, 0.15) is 22.5 Å². The number of thiazole rings is 1. The number of hydrogen-bond acceptors (Lipinski definition) is 9. The second kappa shape index (κ2) is 10.4. The molecule has 8 rings (SSSR count). The first-order valence-corrected chi connectivity index (χ1v) is 16.6. The standard InChI is InChI=1S/C33H37N9O2S/c1-20-4-6-22(7-5-20)28-27(15-34)45-31(36-28)38(3)30-25-14-26(21(2)35-29(25)37-42(30)23-8-9-23)39-12-10-33(11-13-39)18-41(19-33)32(44)40-16-24(43)17-40/h4-7,14,23-24,43H,8-13,16-19H2,1-3H3. The van der Waals surface area contributed by atoms with Crippen LogP contribution in [0.25, 0.3) is 22.3 Å². The lowest BCUT2D eigenvalue weighted by Crippen LogP contribution is -2.67. The van der Waals surface area contributed by atoms with Crippen molar-refractivity contribution in [2.24, 2.45) is 5.41 Å². The number of β-amino-alcohol motifs (C(OH)–C–C–N with tert-alkyl or cyclic N) is 1. The Morgan fingerprint density at radius 1 is 1.09 bits per heavy atom. The van der Waals surface area contributed by atoms with E-state index in [0.717, 1.165) is 90.8 Å². The molecule has 1 saturated carbocycles. The van der Waals surface area contributed by atoms with Crippen molar-refractivity contribution in [1.29, 1.82) is 5.26 Å². The number of pyridine rings is 1. The van der Waals surface area contributed by atoms with Crippen molar-refractivity contribution in [1.82, 2.24) is 29.5 Å². The van der Waals surface area contributed by atoms with Gasteiger partial charge in [-0.05, 0) is 45.6 Å². The minimum atomic E-state index is -0.369. The minimum Gasteiger partial charge on any atom is -0.389 e. The number of benzene rings is 1. The first-order valence-electron chi connectivity index (χ1n) is 15.8. The van der Waals surface area contributed by atoms with Gasteiger partial charge in [-0.25, -0.2) is 19.4 Å². The highest BCUT2D eigenvalue weighted by Crippen LogP contribution is 2.46. The SMILES string of the molecule is Cc1ccc(-c2nc(N(C)c3c4cc(N5CCC6(CC5)CN(C(=O)N5CC(O)C5)C6)c(C)nc4nn3C3CC3)sc2C#N)cc1. The van der Waals surface area contributed by atoms with Crippen LogP contribution in [0, 0.1) is 30.6 Å². The fourth-order valence-electron chi connectivity index (χ4n) is 7.10. The highest BCUT2D eigenvalue weighted by molar-refractivity contribution is 7.16. The lowest BCUT2D eigenvalue weighted by molar-refractivity contribution is -0.0311. The van der Waals surface area contributed by atoms with Crippen LogP contribution in [0.5, 0.6) is 0 Å². The third-order valence-corrected chi connectivity index (χ3v) is 11.0. The van der Waals surface area contributed by atoms with E-state index in [1.165, 1.54) is 16.9 Å². The van der Waals surface area contributed by atoms with E-state index >= 15 is 0 Å². The summed E-state index contributed by atoms with van der Waals surface area (Å²) >= 11 is 1.41. The highest BCUT2D eigenvalue weighted by atomic mass is 32.1. The monoisotopic (exact) mass is 623 g/mol. The van der Waals surface area contributed by atoms with Gasteiger partial charge in [-0.2, -0.15) is 10.4 Å². The number of hydrogen-bond donors (Lipinski definition) is 1. The lowest BCUT2D eigenvalue weighted by atomic mass is 9.72. The number of rotatable bonds is 5. The summed E-state index contributed by atoms with van der Waals surface area (Å²) in [6.07, 6.45) is 3.86. The Labute approximate surface area is 266 Å². The third kappa shape index (κ3) is 4.80. The zero-order valence-corrected chi connectivity index (χ0v) is 26.7. The molecule has 11 nitrogen and oxygen atoms in total. The topological polar surface area (TPSA) is 118 Å². The third-order valence-electron chi connectivity index (χ3n) is 9.99. The van der Waals surface area contributed by atoms with E-state index in [4.69, 9.17) is 15.1 Å². The molecule has 4 aromatic rings. The summed E-state index contributed by atoms with van der Waals surface area (Å²) in [4.78, 5) is 31.5. The van der Waals surface area contributed by atoms with Crippen LogP contribution in [-0.2, 0) is 0 Å². The smallest absolute Gasteiger partial charge is 0.320 e. The van der Waals surface area contributed by atoms with Gasteiger partial charge in [0, 0.05) is 44.2 Å². The van der Waals surface area contributed by atoms with Crippen molar-refractivity contribution < 1.29 is 9.90 Å². The minimum absolute atomic E-state index is 0.0660. The van der Waals surface area contributed by atoms with E-state index in [2.05, 4.69) is 40.5 Å². The fraction of sp³-hybridized carbons (Fsp3) is 0.485. The van der Waals surface area contributed by atoms with Crippen molar-refractivity contribution in [2.75, 3.05) is 56.1 Å². The number of carbonyl (C=O) groups excluding carboxylic acids is 1. The average molecular weight is 624 g/mol. The summed E-state index contributed by atoms with van der Waals surface area (Å²) in [6.45, 7) is 8.46. The molecule has 1 aliphatic carbocycles. The number of nitrogens with zero attached hydrogens (tertiary/aromatic N) is 9. The summed E-state index contributed by atoms with van der Waals surface area (Å²) in [7, 11) is 2.02. The average Bonchev–Trinajstić information content (AvgIpc) is 3.66. The Hall–Kier alpha value is -4.21. The number of anilines is 3. The maximum Gasteiger partial charge on any atom is 0.320 e. The number of aromatic nitrogens is 4. The van der Waals surface area contributed by atoms with Crippen molar-refractivity contribution in [3.8, 4) is 17.3 Å². The molecule has 3 aliphatic heterocycles. The number of carbonyl (C=O) groups is 1. The molecule has 6 heterocycles. The predicted octanol–water partition coefficient (Wildman–Crippen LogP) is 4.84. The van der Waals surface area contributed by atoms with Crippen LogP contribution in [0.4, 0.5) is 21.4 Å². The van der Waals surface area contributed by atoms with E-state index in [9.17, 15) is 15.2 Å². The van der Waals surface area contributed by atoms with E-state index < -0.39 is 0 Å². The molecule has 1 spiro atoms. The Kier molecular flexibility index (Phi) is 6.55. The second-order valence-electron chi connectivity index (χ2n) is 13.4. The molecule has 12 heteroatoms. The van der Waals surface area contributed by atoms with Gasteiger partial charge in [-0.1, -0.05) is 41.2 Å². The zero-order chi connectivity index (χ0) is 31.0. The first-order chi connectivity index (χ1) is 21.7. The van der Waals surface area contributed by atoms with Crippen LogP contribution in [0.15, 0.2) is 30.3 Å². The van der Waals surface area contributed by atoms with Gasteiger partial charge in [0.15, 0.2) is 10.8 Å². The van der Waals surface area contributed by atoms with Crippen molar-refractivity contribution in [2.45, 2.75) is 51.7 Å². The Bertz CT molecular complexity index is 1830. The fourth-order valence-corrected chi connectivity index (χ4v) is 7.95. The number of nitriles is 1. The maximum absolute atomic E-state index is 12.7. The Morgan fingerprint density at radius 2 is 1.80 bits per heavy atom. The van der Waals surface area contributed by atoms with Crippen LogP contribution in [0.2, 0.25) is 0 Å². The van der Waals surface area contributed by atoms with Crippen LogP contribution in [0.3, 0.4) is 0 Å². The molecule has 0 atom stereocenters. The summed E-state index contributed by atoms with van der Waals surface area (Å²) in [5.41, 5.74) is 5.83. The molecule has 4 fully saturated rings. The number of likely N-dealkylation sites (tertiary alicyclic amines) is 2. The highest BCUT2D eigenvalue weighted by Gasteiger charge is 2.49. The number of piperidine rings is 1. The van der Waals surface area contributed by atoms with Crippen molar-refractivity contribution >= 4 is 45.0 Å². The van der Waals surface area contributed by atoms with Crippen LogP contribution in [-0.4, -0.2) is 93.1 Å². The number of fused-ring (bicyclic) bond motifs is 1. The lowest BCUT2D eigenvalue weighted by Gasteiger charge is -2.55. The van der Waals surface area contributed by atoms with Gasteiger partial charge in [-0.15, -0.1) is 0 Å². The number of urea groups is 1. The summed E-state index contributed by atoms with van der Waals surface area (Å²) in [5.74, 6) is 0.965. The summed E-state index contributed by atoms with van der Waals surface area (Å²) in [6, 6.07) is 13.2. The van der Waals surface area contributed by atoms with Gasteiger partial charge in [-0.3, -0.25) is 0 Å². The molecule has 0 unspecified atom stereocenters. The van der Waals surface area contributed by atoms with Gasteiger partial charge in [0.2, 0.25) is 0 Å². The number of aryl methyl sites for hydroxylation is 2. The molecule has 45 heavy (non-hydrogen) atoms. The van der Waals surface area contributed by atoms with E-state index in [-0.39, 0.29) is 17.6 Å². The Balaban J connectivity index is 1.06. The van der Waals surface area contributed by atoms with E-state index in [1.54, 1.807) is 4.90 Å². The maximum atomic E-state index is 12.7. The summed E-state index contributed by atoms with van der Waals surface area (Å²) in [5, 5.41) is 26.3. The van der Waals surface area contributed by atoms with Gasteiger partial charge < -0.3 is 24.7 Å². The molecule has 2 amide bonds. The summed E-state index contributed by atoms with van der Waals surface area (Å²) < 4.78 is 2.11. The van der Waals surface area contributed by atoms with Crippen molar-refractivity contribution in [3.05, 3.63) is 46.5 Å². The molecule has 0 bridgehead atoms. The first kappa shape index (κ1) is 28.3. The molecule has 3 aromatic heterocycles. The normalized spacial score (nSPS) is 19.5. The quantitative estimate of drug-likeness (QED) is 0.336. The molecule has 1 aromatic carbocycles. The number of amides is 2. The number of aliphatic hydroxyl groups excluding tert-OH is 1. The van der Waals surface area contributed by atoms with Crippen LogP contribution < -0.4 is 9.80 Å². The second-order valence-corrected chi connectivity index (χ2v) is 14.3.